The molecule has 1 heterocycles. The average molecular weight is 281 g/mol. The second-order valence-corrected chi connectivity index (χ2v) is 5.55. The van der Waals surface area contributed by atoms with E-state index in [2.05, 4.69) is 0 Å². The van der Waals surface area contributed by atoms with Crippen molar-refractivity contribution >= 4 is 17.4 Å². The van der Waals surface area contributed by atoms with Crippen molar-refractivity contribution in [3.05, 3.63) is 28.3 Å². The summed E-state index contributed by atoms with van der Waals surface area (Å²) in [6, 6.07) is 3.58. The summed E-state index contributed by atoms with van der Waals surface area (Å²) in [5.41, 5.74) is 6.77. The normalized spacial score (nSPS) is 16.5. The first-order valence-corrected chi connectivity index (χ1v) is 7.26. The molecule has 0 bridgehead atoms. The van der Waals surface area contributed by atoms with Gasteiger partial charge in [-0.3, -0.25) is 15.4 Å². The van der Waals surface area contributed by atoms with Gasteiger partial charge in [-0.25, -0.2) is 0 Å². The van der Waals surface area contributed by atoms with Crippen LogP contribution in [0.5, 0.6) is 0 Å². The van der Waals surface area contributed by atoms with E-state index in [0.29, 0.717) is 24.0 Å². The van der Waals surface area contributed by atoms with E-state index in [-0.39, 0.29) is 11.4 Å². The Hall–Kier alpha value is -1.13. The van der Waals surface area contributed by atoms with Crippen LogP contribution in [-0.4, -0.2) is 16.9 Å². The van der Waals surface area contributed by atoms with Gasteiger partial charge in [0, 0.05) is 5.92 Å². The van der Waals surface area contributed by atoms with Gasteiger partial charge in [-0.2, -0.15) is 0 Å². The third-order valence-corrected chi connectivity index (χ3v) is 4.03. The zero-order valence-corrected chi connectivity index (χ0v) is 11.8. The molecule has 1 aliphatic carbocycles. The molecular formula is C14H21ClN4. The summed E-state index contributed by atoms with van der Waals surface area (Å²) in [4.78, 5) is 0. The van der Waals surface area contributed by atoms with Crippen molar-refractivity contribution in [1.29, 1.82) is 10.8 Å². The molecule has 1 aromatic rings. The van der Waals surface area contributed by atoms with Gasteiger partial charge in [0.25, 0.3) is 0 Å². The first-order valence-electron chi connectivity index (χ1n) is 6.88. The summed E-state index contributed by atoms with van der Waals surface area (Å²) < 4.78 is 1.55. The minimum absolute atomic E-state index is 0.237. The summed E-state index contributed by atoms with van der Waals surface area (Å²) in [5, 5.41) is 16.8. The molecule has 5 heteroatoms. The maximum Gasteiger partial charge on any atom is 0.131 e. The van der Waals surface area contributed by atoms with Crippen LogP contribution in [0.3, 0.4) is 0 Å². The lowest BCUT2D eigenvalue weighted by atomic mass is 9.88. The van der Waals surface area contributed by atoms with Gasteiger partial charge in [0.05, 0.1) is 0 Å². The molecule has 0 aromatic carbocycles. The molecule has 0 atom stereocenters. The van der Waals surface area contributed by atoms with E-state index in [4.69, 9.17) is 28.2 Å². The molecule has 1 saturated carbocycles. The third kappa shape index (κ3) is 3.25. The van der Waals surface area contributed by atoms with Crippen LogP contribution in [0.25, 0.3) is 0 Å². The lowest BCUT2D eigenvalue weighted by Gasteiger charge is -2.24. The number of nitrogens with zero attached hydrogens (tertiary/aromatic N) is 1. The Kier molecular flexibility index (Phi) is 4.77. The van der Waals surface area contributed by atoms with Crippen LogP contribution < -0.4 is 11.2 Å². The predicted octanol–water partition coefficient (Wildman–Crippen LogP) is 2.53. The van der Waals surface area contributed by atoms with Crippen molar-refractivity contribution in [2.45, 2.75) is 38.5 Å². The number of hydrogen-bond donors (Lipinski definition) is 3. The zero-order chi connectivity index (χ0) is 13.8. The van der Waals surface area contributed by atoms with Crippen molar-refractivity contribution in [2.75, 3.05) is 6.54 Å². The van der Waals surface area contributed by atoms with E-state index in [1.165, 1.54) is 19.3 Å². The Morgan fingerprint density at radius 2 is 2.00 bits per heavy atom. The number of hydrogen-bond acceptors (Lipinski definition) is 3. The van der Waals surface area contributed by atoms with Crippen LogP contribution in [0.4, 0.5) is 0 Å². The Labute approximate surface area is 118 Å². The fourth-order valence-corrected chi connectivity index (χ4v) is 3.05. The molecule has 4 N–H and O–H groups in total. The molecule has 4 nitrogen and oxygen atoms in total. The second-order valence-electron chi connectivity index (χ2n) is 5.17. The maximum absolute atomic E-state index is 8.31. The standard InChI is InChI=1S/C14H21ClN4/c15-12-8-10(6-7-16)9-13(17)19(12)14(18)11-4-2-1-3-5-11/h8-9,11,17-18H,1-7,16H2. The summed E-state index contributed by atoms with van der Waals surface area (Å²) >= 11 is 6.25. The summed E-state index contributed by atoms with van der Waals surface area (Å²) in [5.74, 6) is 0.703. The van der Waals surface area contributed by atoms with E-state index in [0.717, 1.165) is 18.4 Å². The quantitative estimate of drug-likeness (QED) is 0.444. The van der Waals surface area contributed by atoms with Gasteiger partial charge in [-0.05, 0) is 43.5 Å². The van der Waals surface area contributed by atoms with Crippen molar-refractivity contribution < 1.29 is 0 Å². The van der Waals surface area contributed by atoms with Crippen LogP contribution in [0, 0.1) is 16.7 Å². The molecule has 19 heavy (non-hydrogen) atoms. The molecule has 0 amide bonds. The number of nitrogens with one attached hydrogen (secondary N) is 2. The van der Waals surface area contributed by atoms with E-state index >= 15 is 0 Å². The first kappa shape index (κ1) is 14.3. The molecule has 0 unspecified atom stereocenters. The van der Waals surface area contributed by atoms with Crippen molar-refractivity contribution in [3.8, 4) is 0 Å². The van der Waals surface area contributed by atoms with E-state index in [1.807, 2.05) is 6.07 Å². The molecular weight excluding hydrogens is 260 g/mol. The summed E-state index contributed by atoms with van der Waals surface area (Å²) in [7, 11) is 0. The largest absolute Gasteiger partial charge is 0.330 e. The number of nitrogens with two attached hydrogens (primary N) is 1. The highest BCUT2D eigenvalue weighted by atomic mass is 35.5. The molecule has 1 aliphatic rings. The van der Waals surface area contributed by atoms with Crippen LogP contribution in [0.1, 0.15) is 37.7 Å². The smallest absolute Gasteiger partial charge is 0.131 e. The topological polar surface area (TPSA) is 78.7 Å². The molecule has 0 aliphatic heterocycles. The zero-order valence-electron chi connectivity index (χ0n) is 11.1. The fourth-order valence-electron chi connectivity index (χ4n) is 2.73. The minimum Gasteiger partial charge on any atom is -0.330 e. The first-order chi connectivity index (χ1) is 9.13. The lowest BCUT2D eigenvalue weighted by molar-refractivity contribution is 0.431. The van der Waals surface area contributed by atoms with Crippen molar-refractivity contribution in [3.63, 3.8) is 0 Å². The van der Waals surface area contributed by atoms with Gasteiger partial charge in [0.1, 0.15) is 16.5 Å². The van der Waals surface area contributed by atoms with Crippen molar-refractivity contribution in [1.82, 2.24) is 4.57 Å². The summed E-state index contributed by atoms with van der Waals surface area (Å²) in [6.07, 6.45) is 6.38. The van der Waals surface area contributed by atoms with Gasteiger partial charge in [0.15, 0.2) is 0 Å². The Bertz CT molecular complexity index is 515. The van der Waals surface area contributed by atoms with Crippen LogP contribution >= 0.6 is 11.6 Å². The van der Waals surface area contributed by atoms with E-state index < -0.39 is 0 Å². The Morgan fingerprint density at radius 3 is 2.58 bits per heavy atom. The average Bonchev–Trinajstić information content (AvgIpc) is 2.39. The van der Waals surface area contributed by atoms with Crippen LogP contribution in [0.15, 0.2) is 12.1 Å². The monoisotopic (exact) mass is 280 g/mol. The van der Waals surface area contributed by atoms with Gasteiger partial charge in [0.2, 0.25) is 0 Å². The number of rotatable bonds is 3. The van der Waals surface area contributed by atoms with Gasteiger partial charge in [-0.15, -0.1) is 0 Å². The molecule has 2 rings (SSSR count). The minimum atomic E-state index is 0.237. The van der Waals surface area contributed by atoms with E-state index in [1.54, 1.807) is 10.6 Å². The highest BCUT2D eigenvalue weighted by molar-refractivity contribution is 6.30. The molecule has 1 aromatic heterocycles. The van der Waals surface area contributed by atoms with Gasteiger partial charge in [-0.1, -0.05) is 30.9 Å². The Morgan fingerprint density at radius 1 is 1.32 bits per heavy atom. The van der Waals surface area contributed by atoms with Gasteiger partial charge < -0.3 is 5.73 Å². The predicted molar refractivity (Wildman–Crippen MR) is 77.8 cm³/mol. The Balaban J connectivity index is 2.28. The SMILES string of the molecule is N=C(C1CCCCC1)n1c(Cl)cc(CCN)cc1=N. The van der Waals surface area contributed by atoms with Crippen molar-refractivity contribution in [2.24, 2.45) is 11.7 Å². The molecule has 0 saturated heterocycles. The fraction of sp³-hybridized carbons (Fsp3) is 0.571. The molecule has 1 fully saturated rings. The van der Waals surface area contributed by atoms with Crippen LogP contribution in [-0.2, 0) is 6.42 Å². The van der Waals surface area contributed by atoms with Crippen LogP contribution in [0.2, 0.25) is 5.15 Å². The number of pyridine rings is 1. The number of aromatic nitrogens is 1. The number of halogens is 1. The lowest BCUT2D eigenvalue weighted by Crippen LogP contribution is -2.33. The van der Waals surface area contributed by atoms with Gasteiger partial charge >= 0.3 is 0 Å². The third-order valence-electron chi connectivity index (χ3n) is 3.75. The summed E-state index contributed by atoms with van der Waals surface area (Å²) in [6.45, 7) is 0.542. The maximum atomic E-state index is 8.31. The molecule has 104 valence electrons. The highest BCUT2D eigenvalue weighted by Crippen LogP contribution is 2.25. The second kappa shape index (κ2) is 6.35. The highest BCUT2D eigenvalue weighted by Gasteiger charge is 2.21. The molecule has 0 spiro atoms. The van der Waals surface area contributed by atoms with E-state index in [9.17, 15) is 0 Å². The molecule has 0 radical (unpaired) electrons.